The van der Waals surface area contributed by atoms with Crippen molar-refractivity contribution in [3.05, 3.63) is 151 Å². The summed E-state index contributed by atoms with van der Waals surface area (Å²) in [5, 5.41) is 3.11. The predicted octanol–water partition coefficient (Wildman–Crippen LogP) is 10.4. The van der Waals surface area contributed by atoms with Gasteiger partial charge < -0.3 is 4.57 Å². The zero-order valence-electron chi connectivity index (χ0n) is 20.7. The van der Waals surface area contributed by atoms with E-state index in [2.05, 4.69) is 138 Å². The van der Waals surface area contributed by atoms with Gasteiger partial charge in [-0.1, -0.05) is 121 Å². The second-order valence-corrected chi connectivity index (χ2v) is 9.99. The van der Waals surface area contributed by atoms with Crippen LogP contribution in [0.4, 0.5) is 0 Å². The van der Waals surface area contributed by atoms with Crippen molar-refractivity contribution in [2.45, 2.75) is 0 Å². The number of rotatable bonds is 4. The minimum atomic E-state index is 0.741. The van der Waals surface area contributed by atoms with Gasteiger partial charge in [-0.05, 0) is 69.8 Å². The molecule has 6 aromatic carbocycles. The maximum absolute atomic E-state index is 6.54. The van der Waals surface area contributed by atoms with Crippen LogP contribution in [-0.2, 0) is 0 Å². The van der Waals surface area contributed by atoms with Crippen LogP contribution in [0.5, 0.6) is 0 Å². The molecule has 0 saturated carbocycles. The Morgan fingerprint density at radius 2 is 0.974 bits per heavy atom. The highest BCUT2D eigenvalue weighted by molar-refractivity contribution is 6.32. The number of fused-ring (bicyclic) bond motifs is 3. The van der Waals surface area contributed by atoms with Crippen molar-refractivity contribution < 1.29 is 0 Å². The zero-order valence-corrected chi connectivity index (χ0v) is 21.4. The van der Waals surface area contributed by atoms with E-state index in [0.29, 0.717) is 0 Å². The third-order valence-electron chi connectivity index (χ3n) is 7.29. The van der Waals surface area contributed by atoms with Crippen LogP contribution < -0.4 is 0 Å². The van der Waals surface area contributed by atoms with E-state index in [0.717, 1.165) is 21.6 Å². The third kappa shape index (κ3) is 3.89. The van der Waals surface area contributed by atoms with Crippen LogP contribution in [0.15, 0.2) is 146 Å². The quantitative estimate of drug-likeness (QED) is 0.224. The minimum Gasteiger partial charge on any atom is -0.309 e. The summed E-state index contributed by atoms with van der Waals surface area (Å²) in [5.74, 6) is 0. The van der Waals surface area contributed by atoms with Gasteiger partial charge in [0.2, 0.25) is 0 Å². The Kier molecular flexibility index (Phi) is 5.57. The molecule has 0 bridgehead atoms. The molecule has 2 heteroatoms. The Labute approximate surface area is 227 Å². The van der Waals surface area contributed by atoms with Gasteiger partial charge in [-0.25, -0.2) is 0 Å². The number of hydrogen-bond acceptors (Lipinski definition) is 0. The van der Waals surface area contributed by atoms with Crippen LogP contribution >= 0.6 is 11.6 Å². The number of halogens is 1. The minimum absolute atomic E-state index is 0.741. The molecule has 7 rings (SSSR count). The first-order valence-electron chi connectivity index (χ1n) is 12.8. The van der Waals surface area contributed by atoms with Crippen LogP contribution in [0.1, 0.15) is 0 Å². The molecule has 1 heterocycles. The largest absolute Gasteiger partial charge is 0.309 e. The molecule has 0 aliphatic heterocycles. The Hall–Kier alpha value is -4.59. The Morgan fingerprint density at radius 3 is 1.61 bits per heavy atom. The topological polar surface area (TPSA) is 4.93 Å². The van der Waals surface area contributed by atoms with Crippen molar-refractivity contribution in [2.75, 3.05) is 0 Å². The van der Waals surface area contributed by atoms with Gasteiger partial charge in [0.25, 0.3) is 0 Å². The predicted molar refractivity (Wildman–Crippen MR) is 162 cm³/mol. The Bertz CT molecular complexity index is 1880. The standard InChI is InChI=1S/C36H24ClN/c37-30-20-23-34-33(24-30)36-32(29-16-14-27(15-17-29)25-8-3-1-4-9-25)12-7-13-35(36)38(34)31-21-18-28(19-22-31)26-10-5-2-6-11-26/h1-24H. The highest BCUT2D eigenvalue weighted by Crippen LogP contribution is 2.40. The summed E-state index contributed by atoms with van der Waals surface area (Å²) in [4.78, 5) is 0. The van der Waals surface area contributed by atoms with E-state index in [-0.39, 0.29) is 0 Å². The number of benzene rings is 6. The average molecular weight is 506 g/mol. The van der Waals surface area contributed by atoms with E-state index < -0.39 is 0 Å². The maximum atomic E-state index is 6.54. The Morgan fingerprint density at radius 1 is 0.421 bits per heavy atom. The van der Waals surface area contributed by atoms with Gasteiger partial charge in [-0.3, -0.25) is 0 Å². The number of hydrogen-bond donors (Lipinski definition) is 0. The molecule has 0 saturated heterocycles. The lowest BCUT2D eigenvalue weighted by molar-refractivity contribution is 1.18. The lowest BCUT2D eigenvalue weighted by atomic mass is 9.97. The van der Waals surface area contributed by atoms with Crippen LogP contribution in [0.3, 0.4) is 0 Å². The van der Waals surface area contributed by atoms with Crippen molar-refractivity contribution in [1.82, 2.24) is 4.57 Å². The fraction of sp³-hybridized carbons (Fsp3) is 0. The molecule has 0 radical (unpaired) electrons. The first-order chi connectivity index (χ1) is 18.8. The lowest BCUT2D eigenvalue weighted by Crippen LogP contribution is -1.93. The summed E-state index contributed by atoms with van der Waals surface area (Å²) in [6.07, 6.45) is 0. The van der Waals surface area contributed by atoms with Crippen LogP contribution in [0.25, 0.3) is 60.9 Å². The smallest absolute Gasteiger partial charge is 0.0547 e. The van der Waals surface area contributed by atoms with Gasteiger partial charge in [0.05, 0.1) is 11.0 Å². The first kappa shape index (κ1) is 22.6. The van der Waals surface area contributed by atoms with Gasteiger partial charge in [0.1, 0.15) is 0 Å². The maximum Gasteiger partial charge on any atom is 0.0547 e. The molecule has 180 valence electrons. The van der Waals surface area contributed by atoms with Gasteiger partial charge in [0, 0.05) is 21.5 Å². The second kappa shape index (κ2) is 9.37. The third-order valence-corrected chi connectivity index (χ3v) is 7.52. The monoisotopic (exact) mass is 505 g/mol. The summed E-state index contributed by atoms with van der Waals surface area (Å²) in [6, 6.07) is 51.4. The van der Waals surface area contributed by atoms with Gasteiger partial charge >= 0.3 is 0 Å². The molecule has 0 N–H and O–H groups in total. The van der Waals surface area contributed by atoms with Crippen molar-refractivity contribution in [2.24, 2.45) is 0 Å². The van der Waals surface area contributed by atoms with Crippen LogP contribution in [0, 0.1) is 0 Å². The lowest BCUT2D eigenvalue weighted by Gasteiger charge is -2.10. The molecule has 1 nitrogen and oxygen atoms in total. The summed E-state index contributed by atoms with van der Waals surface area (Å²) < 4.78 is 2.34. The molecule has 0 amide bonds. The van der Waals surface area contributed by atoms with E-state index in [9.17, 15) is 0 Å². The van der Waals surface area contributed by atoms with Crippen LogP contribution in [-0.4, -0.2) is 4.57 Å². The van der Waals surface area contributed by atoms with Crippen molar-refractivity contribution in [3.8, 4) is 39.1 Å². The van der Waals surface area contributed by atoms with E-state index in [1.807, 2.05) is 12.1 Å². The number of nitrogens with zero attached hydrogens (tertiary/aromatic N) is 1. The molecule has 1 aromatic heterocycles. The van der Waals surface area contributed by atoms with Gasteiger partial charge in [-0.2, -0.15) is 0 Å². The highest BCUT2D eigenvalue weighted by Gasteiger charge is 2.16. The summed E-state index contributed by atoms with van der Waals surface area (Å²) in [5.41, 5.74) is 10.7. The summed E-state index contributed by atoms with van der Waals surface area (Å²) in [7, 11) is 0. The molecule has 0 spiro atoms. The molecular formula is C36H24ClN. The molecule has 0 unspecified atom stereocenters. The second-order valence-electron chi connectivity index (χ2n) is 9.55. The average Bonchev–Trinajstić information content (AvgIpc) is 3.32. The van der Waals surface area contributed by atoms with Crippen molar-refractivity contribution >= 4 is 33.4 Å². The van der Waals surface area contributed by atoms with E-state index in [1.165, 1.54) is 44.3 Å². The van der Waals surface area contributed by atoms with Crippen LogP contribution in [0.2, 0.25) is 5.02 Å². The fourth-order valence-corrected chi connectivity index (χ4v) is 5.64. The highest BCUT2D eigenvalue weighted by atomic mass is 35.5. The zero-order chi connectivity index (χ0) is 25.5. The molecule has 0 atom stereocenters. The Balaban J connectivity index is 1.40. The molecule has 0 aliphatic carbocycles. The molecule has 0 fully saturated rings. The van der Waals surface area contributed by atoms with Crippen molar-refractivity contribution in [1.29, 1.82) is 0 Å². The molecular weight excluding hydrogens is 482 g/mol. The van der Waals surface area contributed by atoms with Gasteiger partial charge in [-0.15, -0.1) is 0 Å². The van der Waals surface area contributed by atoms with E-state index in [4.69, 9.17) is 11.6 Å². The normalized spacial score (nSPS) is 11.3. The van der Waals surface area contributed by atoms with E-state index >= 15 is 0 Å². The first-order valence-corrected chi connectivity index (χ1v) is 13.2. The summed E-state index contributed by atoms with van der Waals surface area (Å²) >= 11 is 6.54. The fourth-order valence-electron chi connectivity index (χ4n) is 5.47. The summed E-state index contributed by atoms with van der Waals surface area (Å²) in [6.45, 7) is 0. The molecule has 0 aliphatic rings. The SMILES string of the molecule is Clc1ccc2c(c1)c1c(-c3ccc(-c4ccccc4)cc3)cccc1n2-c1ccc(-c2ccccc2)cc1. The van der Waals surface area contributed by atoms with Gasteiger partial charge in [0.15, 0.2) is 0 Å². The number of aromatic nitrogens is 1. The molecule has 38 heavy (non-hydrogen) atoms. The van der Waals surface area contributed by atoms with Crippen molar-refractivity contribution in [3.63, 3.8) is 0 Å². The van der Waals surface area contributed by atoms with E-state index in [1.54, 1.807) is 0 Å². The molecule has 7 aromatic rings.